The summed E-state index contributed by atoms with van der Waals surface area (Å²) in [6, 6.07) is 2.32. The lowest BCUT2D eigenvalue weighted by molar-refractivity contribution is 0.551. The summed E-state index contributed by atoms with van der Waals surface area (Å²) in [5, 5.41) is 12.9. The minimum atomic E-state index is -4.35. The van der Waals surface area contributed by atoms with Crippen LogP contribution in [0.3, 0.4) is 0 Å². The maximum atomic E-state index is 13.1. The van der Waals surface area contributed by atoms with E-state index >= 15 is 0 Å². The van der Waals surface area contributed by atoms with Crippen molar-refractivity contribution < 1.29 is 17.2 Å². The van der Waals surface area contributed by atoms with E-state index in [2.05, 4.69) is 5.14 Å². The summed E-state index contributed by atoms with van der Waals surface area (Å²) in [7, 11) is -4.35. The normalized spacial score (nSPS) is 11.0. The van der Waals surface area contributed by atoms with Crippen LogP contribution in [0.4, 0.5) is 8.78 Å². The lowest BCUT2D eigenvalue weighted by Gasteiger charge is -2.01. The zero-order valence-electron chi connectivity index (χ0n) is 6.66. The number of rotatable bonds is 1. The molecule has 0 spiro atoms. The molecule has 0 aromatic heterocycles. The van der Waals surface area contributed by atoms with Gasteiger partial charge in [0.05, 0.1) is 5.56 Å². The molecule has 14 heavy (non-hydrogen) atoms. The first-order valence-electron chi connectivity index (χ1n) is 3.28. The number of sulfonamides is 1. The second-order valence-corrected chi connectivity index (χ2v) is 3.95. The maximum absolute atomic E-state index is 13.1. The number of nitriles is 1. The Morgan fingerprint density at radius 2 is 1.93 bits per heavy atom. The van der Waals surface area contributed by atoms with Crippen molar-refractivity contribution in [3.05, 3.63) is 29.3 Å². The van der Waals surface area contributed by atoms with Crippen LogP contribution in [0.25, 0.3) is 0 Å². The van der Waals surface area contributed by atoms with Crippen LogP contribution < -0.4 is 5.14 Å². The molecular formula is C7H4F2N2O2S. The molecule has 0 saturated heterocycles. The molecule has 0 amide bonds. The molecule has 0 unspecified atom stereocenters. The molecular weight excluding hydrogens is 214 g/mol. The maximum Gasteiger partial charge on any atom is 0.241 e. The molecule has 7 heteroatoms. The molecule has 0 heterocycles. The van der Waals surface area contributed by atoms with Gasteiger partial charge in [0.25, 0.3) is 0 Å². The van der Waals surface area contributed by atoms with Gasteiger partial charge in [-0.05, 0) is 12.1 Å². The Morgan fingerprint density at radius 1 is 1.36 bits per heavy atom. The van der Waals surface area contributed by atoms with Crippen molar-refractivity contribution in [2.75, 3.05) is 0 Å². The Balaban J connectivity index is 3.64. The van der Waals surface area contributed by atoms with Crippen molar-refractivity contribution in [1.82, 2.24) is 0 Å². The van der Waals surface area contributed by atoms with Crippen LogP contribution in [0.2, 0.25) is 0 Å². The smallest absolute Gasteiger partial charge is 0.225 e. The van der Waals surface area contributed by atoms with Gasteiger partial charge in [-0.25, -0.2) is 22.3 Å². The third-order valence-electron chi connectivity index (χ3n) is 1.43. The lowest BCUT2D eigenvalue weighted by Crippen LogP contribution is -2.15. The van der Waals surface area contributed by atoms with E-state index in [0.29, 0.717) is 12.1 Å². The summed E-state index contributed by atoms with van der Waals surface area (Å²) in [6.45, 7) is 0. The average Bonchev–Trinajstić information content (AvgIpc) is 2.06. The van der Waals surface area contributed by atoms with Crippen molar-refractivity contribution in [1.29, 1.82) is 5.26 Å². The molecule has 0 fully saturated rings. The van der Waals surface area contributed by atoms with Gasteiger partial charge in [0.2, 0.25) is 10.0 Å². The van der Waals surface area contributed by atoms with Gasteiger partial charge in [-0.3, -0.25) is 0 Å². The second kappa shape index (κ2) is 3.32. The van der Waals surface area contributed by atoms with E-state index in [1.165, 1.54) is 6.07 Å². The highest BCUT2D eigenvalue weighted by atomic mass is 32.2. The Hall–Kier alpha value is -1.52. The monoisotopic (exact) mass is 218 g/mol. The number of hydrogen-bond acceptors (Lipinski definition) is 3. The van der Waals surface area contributed by atoms with Crippen molar-refractivity contribution in [2.24, 2.45) is 5.14 Å². The summed E-state index contributed by atoms with van der Waals surface area (Å²) in [5.41, 5.74) is -0.700. The number of hydrogen-bond donors (Lipinski definition) is 1. The molecule has 0 aliphatic carbocycles. The van der Waals surface area contributed by atoms with Gasteiger partial charge in [-0.1, -0.05) is 0 Å². The van der Waals surface area contributed by atoms with E-state index in [0.717, 1.165) is 0 Å². The minimum absolute atomic E-state index is 0.422. The molecule has 1 aromatic rings. The second-order valence-electron chi connectivity index (χ2n) is 2.42. The topological polar surface area (TPSA) is 83.9 Å². The van der Waals surface area contributed by atoms with Crippen molar-refractivity contribution in [3.63, 3.8) is 0 Å². The number of nitrogens with two attached hydrogens (primary N) is 1. The molecule has 0 atom stereocenters. The van der Waals surface area contributed by atoms with Gasteiger partial charge in [-0.2, -0.15) is 5.26 Å². The van der Waals surface area contributed by atoms with Crippen LogP contribution in [0.15, 0.2) is 17.0 Å². The summed E-state index contributed by atoms with van der Waals surface area (Å²) < 4.78 is 47.3. The summed E-state index contributed by atoms with van der Waals surface area (Å²) in [4.78, 5) is -1.02. The van der Waals surface area contributed by atoms with Crippen LogP contribution in [0.5, 0.6) is 0 Å². The molecule has 0 aliphatic heterocycles. The molecule has 4 nitrogen and oxygen atoms in total. The number of benzene rings is 1. The van der Waals surface area contributed by atoms with Gasteiger partial charge in [-0.15, -0.1) is 0 Å². The number of nitrogens with zero attached hydrogens (tertiary/aromatic N) is 1. The van der Waals surface area contributed by atoms with E-state index < -0.39 is 32.1 Å². The van der Waals surface area contributed by atoms with Crippen molar-refractivity contribution in [2.45, 2.75) is 4.90 Å². The zero-order valence-corrected chi connectivity index (χ0v) is 7.48. The van der Waals surface area contributed by atoms with Gasteiger partial charge < -0.3 is 0 Å². The average molecular weight is 218 g/mol. The Labute approximate surface area is 78.6 Å². The van der Waals surface area contributed by atoms with E-state index in [4.69, 9.17) is 5.26 Å². The van der Waals surface area contributed by atoms with E-state index in [1.54, 1.807) is 0 Å². The molecule has 1 rings (SSSR count). The quantitative estimate of drug-likeness (QED) is 0.744. The van der Waals surface area contributed by atoms with Gasteiger partial charge >= 0.3 is 0 Å². The summed E-state index contributed by atoms with van der Waals surface area (Å²) in [5.74, 6) is -2.37. The molecule has 0 aliphatic rings. The fraction of sp³-hybridized carbons (Fsp3) is 0. The van der Waals surface area contributed by atoms with E-state index in [-0.39, 0.29) is 0 Å². The molecule has 74 valence electrons. The van der Waals surface area contributed by atoms with Crippen molar-refractivity contribution >= 4 is 10.0 Å². The van der Waals surface area contributed by atoms with Crippen LogP contribution in [-0.4, -0.2) is 8.42 Å². The predicted octanol–water partition coefficient (Wildman–Crippen LogP) is 0.484. The first-order valence-corrected chi connectivity index (χ1v) is 4.83. The highest BCUT2D eigenvalue weighted by Crippen LogP contribution is 2.18. The summed E-state index contributed by atoms with van der Waals surface area (Å²) >= 11 is 0. The first kappa shape index (κ1) is 10.6. The van der Waals surface area contributed by atoms with Crippen LogP contribution >= 0.6 is 0 Å². The molecule has 0 radical (unpaired) electrons. The SMILES string of the molecule is N#Cc1cc(F)cc(S(N)(=O)=O)c1F. The lowest BCUT2D eigenvalue weighted by atomic mass is 10.2. The summed E-state index contributed by atoms with van der Waals surface area (Å²) in [6.07, 6.45) is 0. The highest BCUT2D eigenvalue weighted by Gasteiger charge is 2.19. The molecule has 0 bridgehead atoms. The van der Waals surface area contributed by atoms with Gasteiger partial charge in [0.15, 0.2) is 5.82 Å². The third-order valence-corrected chi connectivity index (χ3v) is 2.34. The van der Waals surface area contributed by atoms with E-state index in [9.17, 15) is 17.2 Å². The Bertz CT molecular complexity index is 519. The third kappa shape index (κ3) is 1.86. The van der Waals surface area contributed by atoms with E-state index in [1.807, 2.05) is 0 Å². The van der Waals surface area contributed by atoms with Gasteiger partial charge in [0.1, 0.15) is 16.8 Å². The standard InChI is InChI=1S/C7H4F2N2O2S/c8-5-1-4(3-10)7(9)6(2-5)14(11,12)13/h1-2H,(H2,11,12,13). The zero-order chi connectivity index (χ0) is 10.9. The van der Waals surface area contributed by atoms with Crippen LogP contribution in [0, 0.1) is 23.0 Å². The number of halogens is 2. The fourth-order valence-corrected chi connectivity index (χ4v) is 1.49. The Kier molecular flexibility index (Phi) is 2.51. The molecule has 2 N–H and O–H groups in total. The molecule has 1 aromatic carbocycles. The first-order chi connectivity index (χ1) is 6.36. The van der Waals surface area contributed by atoms with Crippen molar-refractivity contribution in [3.8, 4) is 6.07 Å². The highest BCUT2D eigenvalue weighted by molar-refractivity contribution is 7.89. The molecule has 0 saturated carbocycles. The number of primary sulfonamides is 1. The van der Waals surface area contributed by atoms with Crippen LogP contribution in [-0.2, 0) is 10.0 Å². The Morgan fingerprint density at radius 3 is 2.36 bits per heavy atom. The fourth-order valence-electron chi connectivity index (χ4n) is 0.853. The van der Waals surface area contributed by atoms with Crippen LogP contribution in [0.1, 0.15) is 5.56 Å². The largest absolute Gasteiger partial charge is 0.241 e. The van der Waals surface area contributed by atoms with Gasteiger partial charge in [0, 0.05) is 0 Å². The predicted molar refractivity (Wildman–Crippen MR) is 42.4 cm³/mol. The minimum Gasteiger partial charge on any atom is -0.225 e.